The summed E-state index contributed by atoms with van der Waals surface area (Å²) in [5.41, 5.74) is -1.55. The quantitative estimate of drug-likeness (QED) is 0.756. The van der Waals surface area contributed by atoms with E-state index in [0.717, 1.165) is 5.75 Å². The lowest BCUT2D eigenvalue weighted by molar-refractivity contribution is -0.151. The third-order valence-electron chi connectivity index (χ3n) is 3.23. The molecule has 2 N–H and O–H groups in total. The summed E-state index contributed by atoms with van der Waals surface area (Å²) >= 11 is 1.60. The fraction of sp³-hybridized carbons (Fsp3) is 0.857. The number of carbonyl (C=O) groups excluding carboxylic acids is 1. The molecule has 0 aliphatic carbocycles. The summed E-state index contributed by atoms with van der Waals surface area (Å²) in [6.07, 6.45) is 1.87. The van der Waals surface area contributed by atoms with Gasteiger partial charge in [0.1, 0.15) is 5.60 Å². The average molecular weight is 305 g/mol. The smallest absolute Gasteiger partial charge is 0.407 e. The first-order valence-corrected chi connectivity index (χ1v) is 8.13. The van der Waals surface area contributed by atoms with Crippen LogP contribution in [0.5, 0.6) is 0 Å². The molecule has 6 heteroatoms. The molecule has 1 unspecified atom stereocenters. The number of ether oxygens (including phenoxy) is 1. The Labute approximate surface area is 125 Å². The lowest BCUT2D eigenvalue weighted by Crippen LogP contribution is -2.48. The Morgan fingerprint density at radius 1 is 1.30 bits per heavy atom. The second-order valence-corrected chi connectivity index (χ2v) is 7.20. The van der Waals surface area contributed by atoms with Gasteiger partial charge in [0.2, 0.25) is 0 Å². The third kappa shape index (κ3) is 6.03. The zero-order chi connectivity index (χ0) is 16.0. The van der Waals surface area contributed by atoms with Crippen LogP contribution in [-0.2, 0) is 9.53 Å². The van der Waals surface area contributed by atoms with Crippen molar-refractivity contribution in [2.45, 2.75) is 46.6 Å². The van der Waals surface area contributed by atoms with Gasteiger partial charge in [-0.2, -0.15) is 11.8 Å². The van der Waals surface area contributed by atoms with Gasteiger partial charge in [0.25, 0.3) is 0 Å². The van der Waals surface area contributed by atoms with Crippen LogP contribution in [-0.4, -0.2) is 41.3 Å². The maximum atomic E-state index is 11.7. The van der Waals surface area contributed by atoms with Crippen molar-refractivity contribution in [1.29, 1.82) is 0 Å². The van der Waals surface area contributed by atoms with Crippen LogP contribution in [0.1, 0.15) is 41.0 Å². The van der Waals surface area contributed by atoms with Crippen LogP contribution in [0, 0.1) is 11.3 Å². The van der Waals surface area contributed by atoms with E-state index in [-0.39, 0.29) is 12.5 Å². The van der Waals surface area contributed by atoms with E-state index in [1.807, 2.05) is 20.1 Å². The van der Waals surface area contributed by atoms with E-state index >= 15 is 0 Å². The summed E-state index contributed by atoms with van der Waals surface area (Å²) in [5.74, 6) is -0.222. The summed E-state index contributed by atoms with van der Waals surface area (Å²) in [6, 6.07) is 0. The van der Waals surface area contributed by atoms with E-state index in [1.165, 1.54) is 0 Å². The summed E-state index contributed by atoms with van der Waals surface area (Å²) < 4.78 is 5.15. The van der Waals surface area contributed by atoms with Crippen LogP contribution in [0.2, 0.25) is 0 Å². The molecule has 0 fully saturated rings. The van der Waals surface area contributed by atoms with E-state index in [4.69, 9.17) is 4.74 Å². The van der Waals surface area contributed by atoms with Gasteiger partial charge in [-0.15, -0.1) is 0 Å². The van der Waals surface area contributed by atoms with Gasteiger partial charge in [0, 0.05) is 6.54 Å². The molecule has 1 atom stereocenters. The van der Waals surface area contributed by atoms with Gasteiger partial charge < -0.3 is 15.2 Å². The predicted molar refractivity (Wildman–Crippen MR) is 82.1 cm³/mol. The van der Waals surface area contributed by atoms with E-state index in [2.05, 4.69) is 5.32 Å². The van der Waals surface area contributed by atoms with E-state index in [0.29, 0.717) is 6.42 Å². The molecule has 0 aromatic rings. The summed E-state index contributed by atoms with van der Waals surface area (Å²) in [6.45, 7) is 9.12. The maximum absolute atomic E-state index is 11.7. The number of carboxylic acids is 1. The van der Waals surface area contributed by atoms with Crippen molar-refractivity contribution in [1.82, 2.24) is 5.32 Å². The minimum Gasteiger partial charge on any atom is -0.481 e. The Kier molecular flexibility index (Phi) is 7.41. The highest BCUT2D eigenvalue weighted by Crippen LogP contribution is 2.32. The van der Waals surface area contributed by atoms with Crippen molar-refractivity contribution in [2.24, 2.45) is 11.3 Å². The van der Waals surface area contributed by atoms with Crippen molar-refractivity contribution < 1.29 is 19.4 Å². The second kappa shape index (κ2) is 7.76. The Balaban J connectivity index is 4.81. The number of thioether (sulfide) groups is 1. The number of hydrogen-bond acceptors (Lipinski definition) is 4. The topological polar surface area (TPSA) is 75.6 Å². The van der Waals surface area contributed by atoms with Gasteiger partial charge in [0.15, 0.2) is 0 Å². The molecule has 5 nitrogen and oxygen atoms in total. The highest BCUT2D eigenvalue weighted by molar-refractivity contribution is 7.98. The van der Waals surface area contributed by atoms with Crippen molar-refractivity contribution in [3.8, 4) is 0 Å². The molecular weight excluding hydrogens is 278 g/mol. The summed E-state index contributed by atoms with van der Waals surface area (Å²) in [5, 5.41) is 12.2. The highest BCUT2D eigenvalue weighted by Gasteiger charge is 2.41. The number of hydrogen-bond donors (Lipinski definition) is 2. The molecule has 20 heavy (non-hydrogen) atoms. The molecule has 0 saturated heterocycles. The summed E-state index contributed by atoms with van der Waals surface area (Å²) in [4.78, 5) is 23.4. The Morgan fingerprint density at radius 2 is 1.85 bits per heavy atom. The van der Waals surface area contributed by atoms with Gasteiger partial charge in [-0.3, -0.25) is 4.79 Å². The molecule has 118 valence electrons. The van der Waals surface area contributed by atoms with Crippen LogP contribution in [0.4, 0.5) is 4.79 Å². The first-order chi connectivity index (χ1) is 9.05. The molecule has 0 aliphatic heterocycles. The molecule has 0 rings (SSSR count). The summed E-state index contributed by atoms with van der Waals surface area (Å²) in [7, 11) is 0. The van der Waals surface area contributed by atoms with Crippen molar-refractivity contribution in [3.05, 3.63) is 0 Å². The number of nitrogens with one attached hydrogen (secondary N) is 1. The fourth-order valence-corrected chi connectivity index (χ4v) is 2.41. The van der Waals surface area contributed by atoms with Gasteiger partial charge in [0.05, 0.1) is 5.41 Å². The zero-order valence-corrected chi connectivity index (χ0v) is 14.1. The number of carbonyl (C=O) groups is 2. The Hall–Kier alpha value is -0.910. The van der Waals surface area contributed by atoms with E-state index in [1.54, 1.807) is 32.5 Å². The largest absolute Gasteiger partial charge is 0.481 e. The SMILES string of the molecule is CSCCC(CNC(=O)OC(C)(C)C)(C(=O)O)C(C)C. The standard InChI is InChI=1S/C14H27NO4S/c1-10(2)14(11(16)17,7-8-20-6)9-15-12(18)19-13(3,4)5/h10H,7-9H2,1-6H3,(H,15,18)(H,16,17). The Morgan fingerprint density at radius 3 is 2.20 bits per heavy atom. The number of alkyl carbamates (subject to hydrolysis) is 1. The molecule has 0 radical (unpaired) electrons. The lowest BCUT2D eigenvalue weighted by Gasteiger charge is -2.33. The first kappa shape index (κ1) is 19.1. The van der Waals surface area contributed by atoms with Crippen molar-refractivity contribution >= 4 is 23.8 Å². The molecular formula is C14H27NO4S. The number of aliphatic carboxylic acids is 1. The first-order valence-electron chi connectivity index (χ1n) is 6.74. The number of amides is 1. The fourth-order valence-electron chi connectivity index (χ4n) is 1.84. The molecule has 0 bridgehead atoms. The van der Waals surface area contributed by atoms with Crippen molar-refractivity contribution in [2.75, 3.05) is 18.6 Å². The Bertz CT molecular complexity index is 339. The maximum Gasteiger partial charge on any atom is 0.407 e. The van der Waals surface area contributed by atoms with Crippen molar-refractivity contribution in [3.63, 3.8) is 0 Å². The van der Waals surface area contributed by atoms with Crippen LogP contribution < -0.4 is 5.32 Å². The molecule has 0 aromatic carbocycles. The van der Waals surface area contributed by atoms with Gasteiger partial charge in [-0.1, -0.05) is 13.8 Å². The second-order valence-electron chi connectivity index (χ2n) is 6.21. The van der Waals surface area contributed by atoms with Gasteiger partial charge >= 0.3 is 12.1 Å². The molecule has 1 amide bonds. The normalized spacial score (nSPS) is 14.8. The van der Waals surface area contributed by atoms with Crippen LogP contribution in [0.15, 0.2) is 0 Å². The predicted octanol–water partition coefficient (Wildman–Crippen LogP) is 2.99. The van der Waals surface area contributed by atoms with Gasteiger partial charge in [-0.25, -0.2) is 4.79 Å². The number of carboxylic acid groups (broad SMARTS) is 1. The minimum absolute atomic E-state index is 0.0788. The molecule has 0 heterocycles. The van der Waals surface area contributed by atoms with E-state index in [9.17, 15) is 14.7 Å². The van der Waals surface area contributed by atoms with Crippen LogP contribution in [0.25, 0.3) is 0 Å². The van der Waals surface area contributed by atoms with E-state index < -0.39 is 23.1 Å². The zero-order valence-electron chi connectivity index (χ0n) is 13.3. The highest BCUT2D eigenvalue weighted by atomic mass is 32.2. The molecule has 0 saturated carbocycles. The minimum atomic E-state index is -0.958. The monoisotopic (exact) mass is 305 g/mol. The molecule has 0 aromatic heterocycles. The van der Waals surface area contributed by atoms with Crippen LogP contribution in [0.3, 0.4) is 0 Å². The molecule has 0 aliphatic rings. The van der Waals surface area contributed by atoms with Gasteiger partial charge in [-0.05, 0) is 45.1 Å². The average Bonchev–Trinajstić information content (AvgIpc) is 2.26. The third-order valence-corrected chi connectivity index (χ3v) is 3.84. The number of rotatable bonds is 7. The van der Waals surface area contributed by atoms with Crippen LogP contribution >= 0.6 is 11.8 Å². The lowest BCUT2D eigenvalue weighted by atomic mass is 9.75. The molecule has 0 spiro atoms.